The fourth-order valence-corrected chi connectivity index (χ4v) is 3.08. The van der Waals surface area contributed by atoms with Crippen molar-refractivity contribution in [2.75, 3.05) is 7.11 Å². The van der Waals surface area contributed by atoms with E-state index in [0.717, 1.165) is 23.3 Å². The van der Waals surface area contributed by atoms with Gasteiger partial charge in [-0.2, -0.15) is 0 Å². The molecule has 0 aliphatic heterocycles. The highest BCUT2D eigenvalue weighted by Gasteiger charge is 2.37. The third-order valence-corrected chi connectivity index (χ3v) is 4.45. The predicted molar refractivity (Wildman–Crippen MR) is 87.5 cm³/mol. The lowest BCUT2D eigenvalue weighted by molar-refractivity contribution is 0.0822. The number of fused-ring (bicyclic) bond motifs is 1. The van der Waals surface area contributed by atoms with Crippen LogP contribution in [-0.2, 0) is 12.8 Å². The molecule has 1 aromatic heterocycles. The first-order valence-electron chi connectivity index (χ1n) is 7.45. The molecule has 2 aromatic rings. The van der Waals surface area contributed by atoms with Gasteiger partial charge in [0.15, 0.2) is 11.6 Å². The van der Waals surface area contributed by atoms with Crippen LogP contribution in [0.2, 0.25) is 5.15 Å². The number of aryl methyl sites for hydroxylation is 1. The van der Waals surface area contributed by atoms with Crippen molar-refractivity contribution in [3.8, 4) is 5.75 Å². The topological polar surface area (TPSA) is 56.3 Å². The molecule has 1 atom stereocenters. The zero-order chi connectivity index (χ0) is 16.6. The van der Waals surface area contributed by atoms with E-state index in [-0.39, 0.29) is 11.6 Å². The molecule has 0 amide bonds. The van der Waals surface area contributed by atoms with Crippen LogP contribution in [0.1, 0.15) is 38.8 Å². The maximum Gasteiger partial charge on any atom is 0.175 e. The van der Waals surface area contributed by atoms with Crippen LogP contribution in [-0.4, -0.2) is 23.7 Å². The number of hydrogen-bond acceptors (Lipinski definition) is 4. The summed E-state index contributed by atoms with van der Waals surface area (Å²) in [5, 5.41) is 0.319. The monoisotopic (exact) mass is 329 g/mol. The predicted octanol–water partition coefficient (Wildman–Crippen LogP) is 3.54. The maximum atomic E-state index is 12.6. The molecule has 4 nitrogen and oxygen atoms in total. The van der Waals surface area contributed by atoms with Gasteiger partial charge in [0.05, 0.1) is 13.0 Å². The molecule has 0 fully saturated rings. The molecule has 118 valence electrons. The van der Waals surface area contributed by atoms with Crippen LogP contribution in [0, 0.1) is 5.92 Å². The van der Waals surface area contributed by atoms with Crippen LogP contribution in [0.25, 0.3) is 0 Å². The van der Waals surface area contributed by atoms with Gasteiger partial charge in [0.25, 0.3) is 0 Å². The molecule has 0 spiro atoms. The summed E-state index contributed by atoms with van der Waals surface area (Å²) in [5.74, 6) is -0.269. The molecule has 1 aliphatic carbocycles. The average molecular weight is 330 g/mol. The van der Waals surface area contributed by atoms with Crippen LogP contribution in [0.4, 0.5) is 0 Å². The number of ketones is 2. The first-order valence-corrected chi connectivity index (χ1v) is 7.82. The molecular weight excluding hydrogens is 314 g/mol. The molecule has 1 heterocycles. The molecular formula is C18H16ClNO3. The molecule has 5 heteroatoms. The Kier molecular flexibility index (Phi) is 4.18. The van der Waals surface area contributed by atoms with Crippen LogP contribution < -0.4 is 4.74 Å². The minimum absolute atomic E-state index is 0.127. The third kappa shape index (κ3) is 2.75. The Morgan fingerprint density at radius 2 is 2.17 bits per heavy atom. The van der Waals surface area contributed by atoms with Crippen molar-refractivity contribution in [2.45, 2.75) is 19.8 Å². The van der Waals surface area contributed by atoms with Gasteiger partial charge < -0.3 is 4.74 Å². The van der Waals surface area contributed by atoms with Crippen molar-refractivity contribution in [1.29, 1.82) is 0 Å². The standard InChI is InChI=1S/C18H16ClNO3/c1-3-10-6-13-12(8-15(10)23-2)7-14(18(13)22)17(21)11-4-5-16(19)20-9-11/h4-6,8-9,14H,3,7H2,1-2H3. The van der Waals surface area contributed by atoms with Crippen molar-refractivity contribution in [2.24, 2.45) is 5.92 Å². The van der Waals surface area contributed by atoms with Gasteiger partial charge in [-0.05, 0) is 48.2 Å². The summed E-state index contributed by atoms with van der Waals surface area (Å²) in [6.07, 6.45) is 2.58. The average Bonchev–Trinajstić information content (AvgIpc) is 2.89. The fraction of sp³-hybridized carbons (Fsp3) is 0.278. The van der Waals surface area contributed by atoms with Crippen molar-refractivity contribution >= 4 is 23.2 Å². The largest absolute Gasteiger partial charge is 0.496 e. The Morgan fingerprint density at radius 1 is 1.39 bits per heavy atom. The van der Waals surface area contributed by atoms with Crippen LogP contribution in [0.5, 0.6) is 5.75 Å². The number of Topliss-reactive ketones (excluding diaryl/α,β-unsaturated/α-hetero) is 2. The van der Waals surface area contributed by atoms with E-state index in [4.69, 9.17) is 16.3 Å². The van der Waals surface area contributed by atoms with Crippen LogP contribution in [0.3, 0.4) is 0 Å². The number of methoxy groups -OCH3 is 1. The minimum atomic E-state index is -0.690. The Morgan fingerprint density at radius 3 is 2.78 bits per heavy atom. The summed E-state index contributed by atoms with van der Waals surface area (Å²) in [7, 11) is 1.61. The third-order valence-electron chi connectivity index (χ3n) is 4.22. The van der Waals surface area contributed by atoms with Gasteiger partial charge in [0.2, 0.25) is 0 Å². The van der Waals surface area contributed by atoms with Crippen molar-refractivity contribution in [3.63, 3.8) is 0 Å². The van der Waals surface area contributed by atoms with Gasteiger partial charge in [-0.25, -0.2) is 4.98 Å². The Labute approximate surface area is 139 Å². The number of aromatic nitrogens is 1. The van der Waals surface area contributed by atoms with E-state index in [9.17, 15) is 9.59 Å². The first kappa shape index (κ1) is 15.7. The second-order valence-electron chi connectivity index (χ2n) is 5.53. The number of pyridine rings is 1. The Bertz CT molecular complexity index is 784. The van der Waals surface area contributed by atoms with Crippen molar-refractivity contribution in [1.82, 2.24) is 4.98 Å². The van der Waals surface area contributed by atoms with E-state index in [2.05, 4.69) is 4.98 Å². The SMILES string of the molecule is CCc1cc2c(cc1OC)CC(C(=O)c1ccc(Cl)nc1)C2=O. The summed E-state index contributed by atoms with van der Waals surface area (Å²) in [6.45, 7) is 2.01. The number of carbonyl (C=O) groups excluding carboxylic acids is 2. The Hall–Kier alpha value is -2.20. The lowest BCUT2D eigenvalue weighted by Gasteiger charge is -2.08. The van der Waals surface area contributed by atoms with E-state index in [1.54, 1.807) is 19.2 Å². The normalized spacial score (nSPS) is 16.3. The molecule has 3 rings (SSSR count). The fourth-order valence-electron chi connectivity index (χ4n) is 2.97. The molecule has 0 saturated carbocycles. The molecule has 1 unspecified atom stereocenters. The van der Waals surface area contributed by atoms with Gasteiger partial charge in [-0.1, -0.05) is 18.5 Å². The maximum absolute atomic E-state index is 12.6. The number of carbonyl (C=O) groups is 2. The van der Waals surface area contributed by atoms with E-state index >= 15 is 0 Å². The number of hydrogen-bond donors (Lipinski definition) is 0. The second kappa shape index (κ2) is 6.13. The van der Waals surface area contributed by atoms with Crippen molar-refractivity contribution in [3.05, 3.63) is 57.9 Å². The second-order valence-corrected chi connectivity index (χ2v) is 5.92. The number of nitrogens with zero attached hydrogens (tertiary/aromatic N) is 1. The van der Waals surface area contributed by atoms with E-state index in [1.165, 1.54) is 6.20 Å². The van der Waals surface area contributed by atoms with Crippen molar-refractivity contribution < 1.29 is 14.3 Å². The van der Waals surface area contributed by atoms with E-state index < -0.39 is 5.92 Å². The molecule has 0 N–H and O–H groups in total. The molecule has 0 bridgehead atoms. The zero-order valence-electron chi connectivity index (χ0n) is 12.9. The quantitative estimate of drug-likeness (QED) is 0.489. The summed E-state index contributed by atoms with van der Waals surface area (Å²) < 4.78 is 5.37. The van der Waals surface area contributed by atoms with Crippen LogP contribution in [0.15, 0.2) is 30.5 Å². The number of halogens is 1. The van der Waals surface area contributed by atoms with E-state index in [0.29, 0.717) is 22.7 Å². The van der Waals surface area contributed by atoms with Gasteiger partial charge >= 0.3 is 0 Å². The molecule has 0 radical (unpaired) electrons. The van der Waals surface area contributed by atoms with Gasteiger partial charge in [-0.3, -0.25) is 9.59 Å². The molecule has 1 aromatic carbocycles. The number of benzene rings is 1. The zero-order valence-corrected chi connectivity index (χ0v) is 13.7. The molecule has 0 saturated heterocycles. The van der Waals surface area contributed by atoms with Crippen LogP contribution >= 0.6 is 11.6 Å². The van der Waals surface area contributed by atoms with Gasteiger partial charge in [0.1, 0.15) is 10.9 Å². The highest BCUT2D eigenvalue weighted by molar-refractivity contribution is 6.29. The first-order chi connectivity index (χ1) is 11.0. The summed E-state index contributed by atoms with van der Waals surface area (Å²) in [4.78, 5) is 29.2. The number of rotatable bonds is 4. The highest BCUT2D eigenvalue weighted by Crippen LogP contribution is 2.34. The summed E-state index contributed by atoms with van der Waals surface area (Å²) in [5.41, 5.74) is 2.87. The minimum Gasteiger partial charge on any atom is -0.496 e. The van der Waals surface area contributed by atoms with Gasteiger partial charge in [-0.15, -0.1) is 0 Å². The molecule has 1 aliphatic rings. The number of ether oxygens (including phenoxy) is 1. The molecule has 23 heavy (non-hydrogen) atoms. The summed E-state index contributed by atoms with van der Waals surface area (Å²) in [6, 6.07) is 6.88. The summed E-state index contributed by atoms with van der Waals surface area (Å²) >= 11 is 5.74. The Balaban J connectivity index is 1.94. The van der Waals surface area contributed by atoms with E-state index in [1.807, 2.05) is 19.1 Å². The smallest absolute Gasteiger partial charge is 0.175 e. The lowest BCUT2D eigenvalue weighted by Crippen LogP contribution is -2.21. The lowest BCUT2D eigenvalue weighted by atomic mass is 9.95. The highest BCUT2D eigenvalue weighted by atomic mass is 35.5. The van der Waals surface area contributed by atoms with Gasteiger partial charge in [0, 0.05) is 17.3 Å².